The molecule has 0 unspecified atom stereocenters. The number of rotatable bonds is 2. The number of anilines is 1. The van der Waals surface area contributed by atoms with E-state index in [0.29, 0.717) is 6.54 Å². The van der Waals surface area contributed by atoms with Crippen molar-refractivity contribution in [1.29, 1.82) is 0 Å². The van der Waals surface area contributed by atoms with Crippen LogP contribution in [0.1, 0.15) is 25.7 Å². The number of carbonyl (C=O) groups is 2. The van der Waals surface area contributed by atoms with Crippen LogP contribution >= 0.6 is 0 Å². The van der Waals surface area contributed by atoms with Crippen LogP contribution in [0.5, 0.6) is 0 Å². The van der Waals surface area contributed by atoms with Crippen LogP contribution in [0.15, 0.2) is 30.3 Å². The third kappa shape index (κ3) is 2.23. The van der Waals surface area contributed by atoms with Crippen molar-refractivity contribution >= 4 is 18.1 Å². The second-order valence-corrected chi connectivity index (χ2v) is 5.45. The second-order valence-electron chi connectivity index (χ2n) is 5.45. The fourth-order valence-corrected chi connectivity index (χ4v) is 2.99. The molecule has 1 amide bonds. The van der Waals surface area contributed by atoms with E-state index in [-0.39, 0.29) is 17.6 Å². The molecule has 1 saturated heterocycles. The van der Waals surface area contributed by atoms with Crippen molar-refractivity contribution in [1.82, 2.24) is 0 Å². The summed E-state index contributed by atoms with van der Waals surface area (Å²) >= 11 is 0. The molecule has 1 spiro atoms. The van der Waals surface area contributed by atoms with E-state index in [1.165, 1.54) is 0 Å². The van der Waals surface area contributed by atoms with Gasteiger partial charge in [0.1, 0.15) is 11.9 Å². The molecule has 1 aromatic carbocycles. The fourth-order valence-electron chi connectivity index (χ4n) is 2.99. The Morgan fingerprint density at radius 2 is 1.89 bits per heavy atom. The summed E-state index contributed by atoms with van der Waals surface area (Å²) in [7, 11) is 0. The van der Waals surface area contributed by atoms with Gasteiger partial charge in [-0.25, -0.2) is 4.79 Å². The topological polar surface area (TPSA) is 46.6 Å². The van der Waals surface area contributed by atoms with E-state index in [1.807, 2.05) is 30.3 Å². The summed E-state index contributed by atoms with van der Waals surface area (Å²) in [5.74, 6) is 0.134. The standard InChI is InChI=1S/C15H17NO3/c17-10-12-6-8-15(9-7-12)11-16(14(18)19-15)13-4-2-1-3-5-13/h1-5,10,12H,6-9,11H2/t12-,15-. The molecule has 3 rings (SSSR count). The van der Waals surface area contributed by atoms with E-state index in [2.05, 4.69) is 0 Å². The number of nitrogens with zero attached hydrogens (tertiary/aromatic N) is 1. The lowest BCUT2D eigenvalue weighted by Crippen LogP contribution is -2.38. The van der Waals surface area contributed by atoms with Crippen molar-refractivity contribution in [2.24, 2.45) is 5.92 Å². The largest absolute Gasteiger partial charge is 0.441 e. The minimum atomic E-state index is -0.383. The zero-order chi connectivity index (χ0) is 13.3. The average Bonchev–Trinajstić information content (AvgIpc) is 2.77. The summed E-state index contributed by atoms with van der Waals surface area (Å²) in [6, 6.07) is 9.58. The van der Waals surface area contributed by atoms with Crippen LogP contribution in [-0.2, 0) is 9.53 Å². The maximum atomic E-state index is 12.0. The molecule has 0 aromatic heterocycles. The van der Waals surface area contributed by atoms with Gasteiger partial charge in [0.05, 0.1) is 6.54 Å². The molecule has 1 aliphatic carbocycles. The monoisotopic (exact) mass is 259 g/mol. The molecule has 0 atom stereocenters. The van der Waals surface area contributed by atoms with E-state index >= 15 is 0 Å². The highest BCUT2D eigenvalue weighted by Gasteiger charge is 2.47. The van der Waals surface area contributed by atoms with Crippen LogP contribution in [-0.4, -0.2) is 24.5 Å². The summed E-state index contributed by atoms with van der Waals surface area (Å²) in [6.45, 7) is 0.599. The van der Waals surface area contributed by atoms with Crippen LogP contribution in [0.3, 0.4) is 0 Å². The summed E-state index contributed by atoms with van der Waals surface area (Å²) in [6.07, 6.45) is 3.96. The van der Waals surface area contributed by atoms with Gasteiger partial charge < -0.3 is 9.53 Å². The highest BCUT2D eigenvalue weighted by atomic mass is 16.6. The molecule has 2 aliphatic rings. The van der Waals surface area contributed by atoms with E-state index in [9.17, 15) is 9.59 Å². The maximum Gasteiger partial charge on any atom is 0.415 e. The van der Waals surface area contributed by atoms with E-state index in [0.717, 1.165) is 37.7 Å². The van der Waals surface area contributed by atoms with Crippen molar-refractivity contribution in [2.45, 2.75) is 31.3 Å². The van der Waals surface area contributed by atoms with Crippen molar-refractivity contribution in [3.05, 3.63) is 30.3 Å². The number of aldehydes is 1. The number of hydrogen-bond acceptors (Lipinski definition) is 3. The maximum absolute atomic E-state index is 12.0. The minimum Gasteiger partial charge on any atom is -0.441 e. The zero-order valence-electron chi connectivity index (χ0n) is 10.7. The third-order valence-corrected chi connectivity index (χ3v) is 4.17. The van der Waals surface area contributed by atoms with Gasteiger partial charge in [0.25, 0.3) is 0 Å². The Morgan fingerprint density at radius 3 is 2.53 bits per heavy atom. The Balaban J connectivity index is 1.75. The molecule has 4 heteroatoms. The highest BCUT2D eigenvalue weighted by Crippen LogP contribution is 2.40. The first kappa shape index (κ1) is 12.2. The van der Waals surface area contributed by atoms with Gasteiger partial charge in [-0.15, -0.1) is 0 Å². The normalized spacial score (nSPS) is 30.4. The predicted molar refractivity (Wildman–Crippen MR) is 71.0 cm³/mol. The predicted octanol–water partition coefficient (Wildman–Crippen LogP) is 2.77. The molecule has 1 heterocycles. The minimum absolute atomic E-state index is 0.134. The Bertz CT molecular complexity index is 477. The van der Waals surface area contributed by atoms with Crippen molar-refractivity contribution < 1.29 is 14.3 Å². The van der Waals surface area contributed by atoms with Crippen molar-refractivity contribution in [3.63, 3.8) is 0 Å². The summed E-state index contributed by atoms with van der Waals surface area (Å²) in [4.78, 5) is 24.5. The Kier molecular flexibility index (Phi) is 3.01. The number of amides is 1. The summed E-state index contributed by atoms with van der Waals surface area (Å²) in [5.41, 5.74) is 0.494. The van der Waals surface area contributed by atoms with Crippen LogP contribution in [0.4, 0.5) is 10.5 Å². The smallest absolute Gasteiger partial charge is 0.415 e. The molecule has 1 aromatic rings. The van der Waals surface area contributed by atoms with Gasteiger partial charge in [-0.05, 0) is 37.8 Å². The highest BCUT2D eigenvalue weighted by molar-refractivity contribution is 5.90. The molecule has 1 aliphatic heterocycles. The lowest BCUT2D eigenvalue weighted by atomic mass is 9.79. The van der Waals surface area contributed by atoms with Gasteiger partial charge in [-0.2, -0.15) is 0 Å². The lowest BCUT2D eigenvalue weighted by molar-refractivity contribution is -0.113. The number of hydrogen-bond donors (Lipinski definition) is 0. The molecule has 100 valence electrons. The van der Waals surface area contributed by atoms with Crippen molar-refractivity contribution in [2.75, 3.05) is 11.4 Å². The van der Waals surface area contributed by atoms with E-state index < -0.39 is 0 Å². The first-order valence-electron chi connectivity index (χ1n) is 6.73. The average molecular weight is 259 g/mol. The number of carbonyl (C=O) groups excluding carboxylic acids is 2. The van der Waals surface area contributed by atoms with Crippen LogP contribution in [0, 0.1) is 5.92 Å². The molecule has 4 nitrogen and oxygen atoms in total. The lowest BCUT2D eigenvalue weighted by Gasteiger charge is -2.33. The number of ether oxygens (including phenoxy) is 1. The van der Waals surface area contributed by atoms with Gasteiger partial charge in [-0.3, -0.25) is 4.90 Å². The number of para-hydroxylation sites is 1. The van der Waals surface area contributed by atoms with Crippen LogP contribution in [0.25, 0.3) is 0 Å². The Morgan fingerprint density at radius 1 is 1.21 bits per heavy atom. The fraction of sp³-hybridized carbons (Fsp3) is 0.467. The van der Waals surface area contributed by atoms with Gasteiger partial charge in [0.15, 0.2) is 0 Å². The van der Waals surface area contributed by atoms with Crippen molar-refractivity contribution in [3.8, 4) is 0 Å². The van der Waals surface area contributed by atoms with Gasteiger partial charge in [-0.1, -0.05) is 18.2 Å². The molecule has 0 bridgehead atoms. The first-order valence-corrected chi connectivity index (χ1v) is 6.73. The first-order chi connectivity index (χ1) is 9.22. The Hall–Kier alpha value is -1.84. The quantitative estimate of drug-likeness (QED) is 0.767. The van der Waals surface area contributed by atoms with Crippen LogP contribution in [0.2, 0.25) is 0 Å². The van der Waals surface area contributed by atoms with Gasteiger partial charge in [0.2, 0.25) is 0 Å². The molecular weight excluding hydrogens is 242 g/mol. The summed E-state index contributed by atoms with van der Waals surface area (Å²) < 4.78 is 5.62. The third-order valence-electron chi connectivity index (χ3n) is 4.17. The summed E-state index contributed by atoms with van der Waals surface area (Å²) in [5, 5.41) is 0. The van der Waals surface area contributed by atoms with E-state index in [4.69, 9.17) is 4.74 Å². The SMILES string of the molecule is O=C[C@H]1CC[C@]2(CC1)CN(c1ccccc1)C(=O)O2. The number of benzene rings is 1. The molecular formula is C15H17NO3. The zero-order valence-corrected chi connectivity index (χ0v) is 10.7. The van der Waals surface area contributed by atoms with Gasteiger partial charge in [0, 0.05) is 11.6 Å². The molecule has 0 N–H and O–H groups in total. The Labute approximate surface area is 112 Å². The molecule has 19 heavy (non-hydrogen) atoms. The van der Waals surface area contributed by atoms with Gasteiger partial charge >= 0.3 is 6.09 Å². The van der Waals surface area contributed by atoms with E-state index in [1.54, 1.807) is 4.90 Å². The molecule has 2 fully saturated rings. The molecule has 1 saturated carbocycles. The second kappa shape index (κ2) is 4.68. The molecule has 0 radical (unpaired) electrons. The van der Waals surface area contributed by atoms with Crippen LogP contribution < -0.4 is 4.90 Å².